The van der Waals surface area contributed by atoms with Crippen molar-refractivity contribution in [2.45, 2.75) is 30.8 Å². The minimum absolute atomic E-state index is 0.0776. The number of rotatable bonds is 4. The first kappa shape index (κ1) is 17.3. The minimum atomic E-state index is -4.75. The van der Waals surface area contributed by atoms with Gasteiger partial charge in [-0.2, -0.15) is 0 Å². The molecule has 0 saturated carbocycles. The number of aromatic nitrogens is 2. The number of guanidine groups is 1. The molecule has 8 N–H and O–H groups in total. The van der Waals surface area contributed by atoms with Crippen LogP contribution in [0.3, 0.4) is 0 Å². The highest BCUT2D eigenvalue weighted by molar-refractivity contribution is 7.46. The number of nitrogens with zero attached hydrogens (tertiary/aromatic N) is 3. The fourth-order valence-corrected chi connectivity index (χ4v) is 2.84. The van der Waals surface area contributed by atoms with Gasteiger partial charge in [0.15, 0.2) is 18.4 Å². The molecule has 0 spiro atoms. The lowest BCUT2D eigenvalue weighted by Crippen LogP contribution is -2.34. The van der Waals surface area contributed by atoms with Crippen molar-refractivity contribution in [1.82, 2.24) is 9.55 Å². The molecule has 0 aliphatic carbocycles. The highest BCUT2D eigenvalue weighted by atomic mass is 31.2. The molecule has 24 heavy (non-hydrogen) atoms. The number of imidazole rings is 1. The first-order valence-corrected chi connectivity index (χ1v) is 8.27. The molecule has 2 aliphatic heterocycles. The smallest absolute Gasteiger partial charge is 0.387 e. The second kappa shape index (κ2) is 6.06. The summed E-state index contributed by atoms with van der Waals surface area (Å²) in [5.74, 6) is 0.133. The van der Waals surface area contributed by atoms with Gasteiger partial charge in [-0.3, -0.25) is 9.09 Å². The largest absolute Gasteiger partial charge is 0.469 e. The van der Waals surface area contributed by atoms with Crippen molar-refractivity contribution in [2.75, 3.05) is 11.9 Å². The van der Waals surface area contributed by atoms with Crippen molar-refractivity contribution in [3.63, 3.8) is 0 Å². The highest BCUT2D eigenvalue weighted by Gasteiger charge is 2.45. The number of hydrogen-bond donors (Lipinski definition) is 7. The summed E-state index contributed by atoms with van der Waals surface area (Å²) in [7, 11) is -4.75. The van der Waals surface area contributed by atoms with Crippen LogP contribution in [0, 0.1) is 0 Å². The number of aliphatic hydroxyl groups is 3. The molecule has 0 radical (unpaired) electrons. The zero-order chi connectivity index (χ0) is 17.6. The predicted octanol–water partition coefficient (Wildman–Crippen LogP) is -2.66. The molecule has 2 aliphatic rings. The van der Waals surface area contributed by atoms with E-state index in [1.165, 1.54) is 10.9 Å². The van der Waals surface area contributed by atoms with Crippen LogP contribution in [0.1, 0.15) is 18.1 Å². The van der Waals surface area contributed by atoms with Gasteiger partial charge in [0.2, 0.25) is 0 Å². The Morgan fingerprint density at radius 1 is 1.38 bits per heavy atom. The van der Waals surface area contributed by atoms with E-state index in [1.807, 2.05) is 0 Å². The molecular weight excluding hydrogens is 349 g/mol. The third-order valence-electron chi connectivity index (χ3n) is 3.59. The zero-order valence-electron chi connectivity index (χ0n) is 12.0. The normalized spacial score (nSPS) is 33.0. The summed E-state index contributed by atoms with van der Waals surface area (Å²) in [4.78, 5) is 25.0. The average molecular weight is 365 g/mol. The molecule has 0 amide bonds. The third kappa shape index (κ3) is 3.16. The van der Waals surface area contributed by atoms with E-state index in [2.05, 4.69) is 19.8 Å². The maximum Gasteiger partial charge on any atom is 0.469 e. The van der Waals surface area contributed by atoms with Crippen molar-refractivity contribution < 1.29 is 38.9 Å². The van der Waals surface area contributed by atoms with E-state index in [9.17, 15) is 19.9 Å². The van der Waals surface area contributed by atoms with Gasteiger partial charge in [-0.05, 0) is 0 Å². The maximum atomic E-state index is 10.7. The van der Waals surface area contributed by atoms with Crippen LogP contribution < -0.4 is 11.1 Å². The van der Waals surface area contributed by atoms with E-state index in [-0.39, 0.29) is 17.5 Å². The molecule has 1 fully saturated rings. The Balaban J connectivity index is 1.80. The third-order valence-corrected chi connectivity index (χ3v) is 4.08. The summed E-state index contributed by atoms with van der Waals surface area (Å²) in [5.41, 5.74) is 5.67. The first-order chi connectivity index (χ1) is 11.2. The van der Waals surface area contributed by atoms with E-state index < -0.39 is 45.2 Å². The second-order valence-electron chi connectivity index (χ2n) is 5.23. The number of fused-ring (bicyclic) bond motifs is 1. The van der Waals surface area contributed by atoms with Gasteiger partial charge in [0.1, 0.15) is 29.8 Å². The number of nitrogens with two attached hydrogens (primary N) is 1. The molecule has 5 atom stereocenters. The van der Waals surface area contributed by atoms with Crippen molar-refractivity contribution >= 4 is 19.6 Å². The zero-order valence-corrected chi connectivity index (χ0v) is 12.9. The summed E-state index contributed by atoms with van der Waals surface area (Å²) in [6, 6.07) is 0. The predicted molar refractivity (Wildman–Crippen MR) is 76.4 cm³/mol. The fraction of sp³-hybridized carbons (Fsp3) is 0.600. The van der Waals surface area contributed by atoms with Crippen LogP contribution in [0.4, 0.5) is 5.82 Å². The summed E-state index contributed by atoms with van der Waals surface area (Å²) >= 11 is 0. The van der Waals surface area contributed by atoms with Crippen molar-refractivity contribution in [3.05, 3.63) is 12.0 Å². The summed E-state index contributed by atoms with van der Waals surface area (Å²) < 4.78 is 21.7. The SMILES string of the molecule is NC1=NC(O)c2ncn([C@@H]3O[C@H](COP(=O)(O)O)C(O)C3O)c2N1. The van der Waals surface area contributed by atoms with E-state index >= 15 is 0 Å². The van der Waals surface area contributed by atoms with Gasteiger partial charge in [0.25, 0.3) is 0 Å². The highest BCUT2D eigenvalue weighted by Crippen LogP contribution is 2.39. The van der Waals surface area contributed by atoms with E-state index in [0.29, 0.717) is 0 Å². The number of nitrogens with one attached hydrogen (secondary N) is 1. The molecule has 1 aromatic heterocycles. The molecule has 0 aromatic carbocycles. The number of phosphoric ester groups is 1. The monoisotopic (exact) mass is 365 g/mol. The average Bonchev–Trinajstić information content (AvgIpc) is 3.00. The minimum Gasteiger partial charge on any atom is -0.387 e. The van der Waals surface area contributed by atoms with Crippen LogP contribution >= 0.6 is 7.82 Å². The number of aliphatic imine (C=N–C) groups is 1. The second-order valence-corrected chi connectivity index (χ2v) is 6.47. The first-order valence-electron chi connectivity index (χ1n) is 6.74. The van der Waals surface area contributed by atoms with Crippen LogP contribution in [0.5, 0.6) is 0 Å². The van der Waals surface area contributed by atoms with Gasteiger partial charge in [-0.15, -0.1) is 0 Å². The quantitative estimate of drug-likeness (QED) is 0.274. The Kier molecular flexibility index (Phi) is 4.36. The fourth-order valence-electron chi connectivity index (χ4n) is 2.50. The van der Waals surface area contributed by atoms with E-state index in [0.717, 1.165) is 0 Å². The molecular formula is C10H16N5O8P. The molecule has 1 saturated heterocycles. The van der Waals surface area contributed by atoms with E-state index in [4.69, 9.17) is 20.3 Å². The van der Waals surface area contributed by atoms with Gasteiger partial charge < -0.3 is 40.9 Å². The van der Waals surface area contributed by atoms with Crippen LogP contribution in [-0.2, 0) is 13.8 Å². The molecule has 0 bridgehead atoms. The summed E-state index contributed by atoms with van der Waals surface area (Å²) in [5, 5.41) is 32.6. The van der Waals surface area contributed by atoms with Crippen molar-refractivity contribution in [3.8, 4) is 0 Å². The topological polar surface area (TPSA) is 205 Å². The molecule has 3 heterocycles. The Bertz CT molecular complexity index is 703. The van der Waals surface area contributed by atoms with Gasteiger partial charge in [0, 0.05) is 0 Å². The summed E-state index contributed by atoms with van der Waals surface area (Å²) in [6.45, 7) is -0.629. The van der Waals surface area contributed by atoms with Gasteiger partial charge in [-0.25, -0.2) is 14.5 Å². The van der Waals surface area contributed by atoms with Crippen LogP contribution in [0.25, 0.3) is 0 Å². The van der Waals surface area contributed by atoms with Gasteiger partial charge in [-0.1, -0.05) is 0 Å². The number of phosphoric acid groups is 1. The Morgan fingerprint density at radius 2 is 2.08 bits per heavy atom. The number of ether oxygens (including phenoxy) is 1. The van der Waals surface area contributed by atoms with Crippen molar-refractivity contribution in [1.29, 1.82) is 0 Å². The molecule has 3 rings (SSSR count). The molecule has 134 valence electrons. The lowest BCUT2D eigenvalue weighted by molar-refractivity contribution is -0.0511. The lowest BCUT2D eigenvalue weighted by atomic mass is 10.1. The lowest BCUT2D eigenvalue weighted by Gasteiger charge is -2.22. The Hall–Kier alpha value is -1.57. The molecule has 3 unspecified atom stereocenters. The number of hydrogen-bond acceptors (Lipinski definition) is 10. The van der Waals surface area contributed by atoms with Gasteiger partial charge in [0.05, 0.1) is 12.9 Å². The van der Waals surface area contributed by atoms with Crippen molar-refractivity contribution in [2.24, 2.45) is 10.7 Å². The standard InChI is InChI=1S/C10H16N5O8P/c11-10-13-7-4(8(18)14-10)12-2-15(7)9-6(17)5(16)3(23-9)1-22-24(19,20)21/h2-3,5-6,8-9,16-18H,1H2,(H3,11,13,14)(H2,19,20,21)/t3-,5?,6?,8?,9-/m1/s1. The Morgan fingerprint density at radius 3 is 2.75 bits per heavy atom. The summed E-state index contributed by atoms with van der Waals surface area (Å²) in [6.07, 6.45) is -5.28. The van der Waals surface area contributed by atoms with Gasteiger partial charge >= 0.3 is 7.82 Å². The number of aliphatic hydroxyl groups excluding tert-OH is 3. The van der Waals surface area contributed by atoms with Crippen LogP contribution in [0.15, 0.2) is 11.3 Å². The van der Waals surface area contributed by atoms with Crippen LogP contribution in [-0.4, -0.2) is 65.5 Å². The Labute approximate surface area is 134 Å². The number of anilines is 1. The maximum absolute atomic E-state index is 10.7. The van der Waals surface area contributed by atoms with E-state index in [1.54, 1.807) is 0 Å². The molecule has 1 aromatic rings. The molecule has 14 heteroatoms. The molecule has 13 nitrogen and oxygen atoms in total. The van der Waals surface area contributed by atoms with Crippen LogP contribution in [0.2, 0.25) is 0 Å².